The molecule has 1 atom stereocenters. The fraction of sp³-hybridized carbons (Fsp3) is 0.0909. The van der Waals surface area contributed by atoms with Crippen LogP contribution in [0.4, 0.5) is 5.69 Å². The number of carbonyl (C=O) groups excluding carboxylic acids is 1. The van der Waals surface area contributed by atoms with Crippen LogP contribution < -0.4 is 16.2 Å². The van der Waals surface area contributed by atoms with Gasteiger partial charge in [-0.2, -0.15) is 0 Å². The first kappa shape index (κ1) is 17.6. The van der Waals surface area contributed by atoms with Gasteiger partial charge in [-0.25, -0.2) is 4.98 Å². The van der Waals surface area contributed by atoms with E-state index >= 15 is 0 Å². The van der Waals surface area contributed by atoms with Gasteiger partial charge >= 0.3 is 0 Å². The molecule has 0 fully saturated rings. The van der Waals surface area contributed by atoms with Gasteiger partial charge < -0.3 is 20.6 Å². The van der Waals surface area contributed by atoms with Crippen LogP contribution in [0, 0.1) is 6.92 Å². The molecule has 0 bridgehead atoms. The molecule has 4 rings (SSSR count). The van der Waals surface area contributed by atoms with Crippen molar-refractivity contribution in [2.24, 2.45) is 5.73 Å². The second-order valence-corrected chi connectivity index (χ2v) is 6.53. The Morgan fingerprint density at radius 1 is 1.07 bits per heavy atom. The van der Waals surface area contributed by atoms with E-state index in [1.807, 2.05) is 43.3 Å². The summed E-state index contributed by atoms with van der Waals surface area (Å²) >= 11 is 0. The molecule has 3 aromatic carbocycles. The number of nitrogens with zero attached hydrogens (tertiary/aromatic N) is 1. The molecule has 28 heavy (non-hydrogen) atoms. The van der Waals surface area contributed by atoms with Crippen molar-refractivity contribution in [1.29, 1.82) is 0 Å². The molecule has 1 unspecified atom stereocenters. The fourth-order valence-corrected chi connectivity index (χ4v) is 2.97. The first-order valence-corrected chi connectivity index (χ1v) is 8.79. The summed E-state index contributed by atoms with van der Waals surface area (Å²) in [6.07, 6.45) is -0.890. The van der Waals surface area contributed by atoms with Gasteiger partial charge in [-0.3, -0.25) is 4.79 Å². The molecule has 0 saturated heterocycles. The Hall–Kier alpha value is -3.80. The standard InChI is InChI=1S/C22H19N3O3/c1-13-4-2-3-5-18(13)27-20(21(24)26)14-6-8-15(9-7-14)22-25-17-12-16(23)10-11-19(17)28-22/h2-12,20H,23H2,1H3,(H2,24,26). The number of carbonyl (C=O) groups is 1. The maximum Gasteiger partial charge on any atom is 0.263 e. The zero-order valence-corrected chi connectivity index (χ0v) is 15.3. The van der Waals surface area contributed by atoms with Crippen LogP contribution >= 0.6 is 0 Å². The Morgan fingerprint density at radius 3 is 2.54 bits per heavy atom. The van der Waals surface area contributed by atoms with Crippen molar-refractivity contribution >= 4 is 22.7 Å². The van der Waals surface area contributed by atoms with E-state index < -0.39 is 12.0 Å². The molecule has 0 radical (unpaired) electrons. The summed E-state index contributed by atoms with van der Waals surface area (Å²) in [4.78, 5) is 16.4. The minimum Gasteiger partial charge on any atom is -0.476 e. The van der Waals surface area contributed by atoms with Crippen molar-refractivity contribution < 1.29 is 13.9 Å². The van der Waals surface area contributed by atoms with E-state index in [9.17, 15) is 4.79 Å². The molecular formula is C22H19N3O3. The molecule has 0 aliphatic rings. The molecule has 6 heteroatoms. The molecule has 0 saturated carbocycles. The SMILES string of the molecule is Cc1ccccc1OC(C(N)=O)c1ccc(-c2nc3cc(N)ccc3o2)cc1. The Bertz CT molecular complexity index is 1150. The van der Waals surface area contributed by atoms with Gasteiger partial charge in [0.25, 0.3) is 5.91 Å². The third-order valence-corrected chi connectivity index (χ3v) is 4.47. The quantitative estimate of drug-likeness (QED) is 0.515. The number of benzene rings is 3. The number of aromatic nitrogens is 1. The van der Waals surface area contributed by atoms with Crippen LogP contribution in [0.15, 0.2) is 71.1 Å². The van der Waals surface area contributed by atoms with E-state index in [1.165, 1.54) is 0 Å². The molecule has 140 valence electrons. The number of amides is 1. The molecule has 4 N–H and O–H groups in total. The first-order valence-electron chi connectivity index (χ1n) is 8.79. The van der Waals surface area contributed by atoms with Gasteiger partial charge in [-0.05, 0) is 48.9 Å². The van der Waals surface area contributed by atoms with E-state index in [-0.39, 0.29) is 0 Å². The lowest BCUT2D eigenvalue weighted by atomic mass is 10.1. The smallest absolute Gasteiger partial charge is 0.263 e. The molecule has 1 amide bonds. The summed E-state index contributed by atoms with van der Waals surface area (Å²) in [5, 5.41) is 0. The number of aryl methyl sites for hydroxylation is 1. The lowest BCUT2D eigenvalue weighted by Crippen LogP contribution is -2.26. The van der Waals surface area contributed by atoms with Gasteiger partial charge in [0.15, 0.2) is 5.58 Å². The zero-order chi connectivity index (χ0) is 19.7. The van der Waals surface area contributed by atoms with Gasteiger partial charge in [0.1, 0.15) is 11.3 Å². The summed E-state index contributed by atoms with van der Waals surface area (Å²) in [5.41, 5.74) is 15.7. The average Bonchev–Trinajstić information content (AvgIpc) is 3.10. The number of anilines is 1. The molecule has 0 spiro atoms. The average molecular weight is 373 g/mol. The highest BCUT2D eigenvalue weighted by Gasteiger charge is 2.21. The van der Waals surface area contributed by atoms with Crippen LogP contribution in [-0.4, -0.2) is 10.9 Å². The van der Waals surface area contributed by atoms with Crippen LogP contribution in [-0.2, 0) is 4.79 Å². The van der Waals surface area contributed by atoms with E-state index in [0.29, 0.717) is 34.0 Å². The van der Waals surface area contributed by atoms with Crippen molar-refractivity contribution in [2.45, 2.75) is 13.0 Å². The Labute approximate surface area is 161 Å². The number of hydrogen-bond donors (Lipinski definition) is 2. The van der Waals surface area contributed by atoms with Crippen LogP contribution in [0.1, 0.15) is 17.2 Å². The van der Waals surface area contributed by atoms with Gasteiger partial charge in [0.2, 0.25) is 12.0 Å². The monoisotopic (exact) mass is 373 g/mol. The predicted octanol–water partition coefficient (Wildman–Crippen LogP) is 3.99. The Balaban J connectivity index is 1.63. The van der Waals surface area contributed by atoms with Crippen LogP contribution in [0.3, 0.4) is 0 Å². The molecule has 4 aromatic rings. The Morgan fingerprint density at radius 2 is 1.82 bits per heavy atom. The summed E-state index contributed by atoms with van der Waals surface area (Å²) < 4.78 is 11.7. The molecule has 0 aliphatic heterocycles. The number of hydrogen-bond acceptors (Lipinski definition) is 5. The van der Waals surface area contributed by atoms with Crippen molar-refractivity contribution in [1.82, 2.24) is 4.98 Å². The van der Waals surface area contributed by atoms with Gasteiger partial charge in [-0.15, -0.1) is 0 Å². The summed E-state index contributed by atoms with van der Waals surface area (Å²) in [5.74, 6) is 0.530. The number of oxazole rings is 1. The van der Waals surface area contributed by atoms with Crippen molar-refractivity contribution in [3.8, 4) is 17.2 Å². The first-order chi connectivity index (χ1) is 13.5. The molecule has 1 heterocycles. The number of nitrogen functional groups attached to an aromatic ring is 1. The number of ether oxygens (including phenoxy) is 1. The van der Waals surface area contributed by atoms with Crippen LogP contribution in [0.2, 0.25) is 0 Å². The van der Waals surface area contributed by atoms with E-state index in [1.54, 1.807) is 30.3 Å². The second kappa shape index (κ2) is 7.08. The lowest BCUT2D eigenvalue weighted by molar-refractivity contribution is -0.125. The summed E-state index contributed by atoms with van der Waals surface area (Å²) in [7, 11) is 0. The zero-order valence-electron chi connectivity index (χ0n) is 15.3. The molecule has 6 nitrogen and oxygen atoms in total. The topological polar surface area (TPSA) is 104 Å². The highest BCUT2D eigenvalue weighted by Crippen LogP contribution is 2.29. The normalized spacial score (nSPS) is 12.0. The number of fused-ring (bicyclic) bond motifs is 1. The van der Waals surface area contributed by atoms with E-state index in [4.69, 9.17) is 20.6 Å². The maximum absolute atomic E-state index is 12.0. The van der Waals surface area contributed by atoms with Crippen LogP contribution in [0.5, 0.6) is 5.75 Å². The summed E-state index contributed by atoms with van der Waals surface area (Å²) in [6.45, 7) is 1.91. The van der Waals surface area contributed by atoms with Gasteiger partial charge in [0, 0.05) is 16.8 Å². The number of primary amides is 1. The minimum absolute atomic E-state index is 0.475. The third kappa shape index (κ3) is 3.40. The summed E-state index contributed by atoms with van der Waals surface area (Å²) in [6, 6.07) is 20.0. The highest BCUT2D eigenvalue weighted by atomic mass is 16.5. The van der Waals surface area contributed by atoms with Gasteiger partial charge in [-0.1, -0.05) is 30.3 Å². The van der Waals surface area contributed by atoms with Crippen molar-refractivity contribution in [3.05, 3.63) is 77.9 Å². The Kier molecular flexibility index (Phi) is 4.45. The fourth-order valence-electron chi connectivity index (χ4n) is 2.97. The minimum atomic E-state index is -0.890. The third-order valence-electron chi connectivity index (χ3n) is 4.47. The molecule has 0 aliphatic carbocycles. The second-order valence-electron chi connectivity index (χ2n) is 6.53. The highest BCUT2D eigenvalue weighted by molar-refractivity contribution is 5.82. The van der Waals surface area contributed by atoms with Crippen molar-refractivity contribution in [3.63, 3.8) is 0 Å². The van der Waals surface area contributed by atoms with E-state index in [2.05, 4.69) is 4.98 Å². The molecule has 1 aromatic heterocycles. The largest absolute Gasteiger partial charge is 0.476 e. The number of nitrogens with two attached hydrogens (primary N) is 2. The number of para-hydroxylation sites is 1. The van der Waals surface area contributed by atoms with Crippen molar-refractivity contribution in [2.75, 3.05) is 5.73 Å². The predicted molar refractivity (Wildman–Crippen MR) is 108 cm³/mol. The van der Waals surface area contributed by atoms with E-state index in [0.717, 1.165) is 11.1 Å². The van der Waals surface area contributed by atoms with Gasteiger partial charge in [0.05, 0.1) is 0 Å². The lowest BCUT2D eigenvalue weighted by Gasteiger charge is -2.18. The molecular weight excluding hydrogens is 354 g/mol. The number of rotatable bonds is 5. The van der Waals surface area contributed by atoms with Crippen LogP contribution in [0.25, 0.3) is 22.6 Å². The maximum atomic E-state index is 12.0.